The van der Waals surface area contributed by atoms with Gasteiger partial charge in [-0.2, -0.15) is 0 Å². The standard InChI is InChI=1S/C14H19FN2O3/c1-3-12(13(18)19)17-14(20)16-7-6-10-4-5-11(15)8-9(10)2/h4-5,8,12H,3,6-7H2,1-2H3,(H,18,19)(H2,16,17,20). The van der Waals surface area contributed by atoms with Gasteiger partial charge in [0.15, 0.2) is 0 Å². The first-order chi connectivity index (χ1) is 9.43. The molecule has 0 aliphatic rings. The second kappa shape index (κ2) is 7.47. The number of aryl methyl sites for hydroxylation is 1. The van der Waals surface area contributed by atoms with Gasteiger partial charge in [0.2, 0.25) is 0 Å². The molecule has 0 saturated heterocycles. The lowest BCUT2D eigenvalue weighted by molar-refractivity contribution is -0.139. The molecule has 1 aromatic carbocycles. The molecule has 0 fully saturated rings. The lowest BCUT2D eigenvalue weighted by Crippen LogP contribution is -2.46. The third kappa shape index (κ3) is 4.87. The van der Waals surface area contributed by atoms with Crippen molar-refractivity contribution in [1.29, 1.82) is 0 Å². The molecule has 0 bridgehead atoms. The van der Waals surface area contributed by atoms with Crippen molar-refractivity contribution in [3.63, 3.8) is 0 Å². The highest BCUT2D eigenvalue weighted by Crippen LogP contribution is 2.10. The van der Waals surface area contributed by atoms with Crippen molar-refractivity contribution in [2.45, 2.75) is 32.7 Å². The Balaban J connectivity index is 2.40. The third-order valence-corrected chi connectivity index (χ3v) is 3.00. The van der Waals surface area contributed by atoms with Crippen LogP contribution in [0.5, 0.6) is 0 Å². The number of carbonyl (C=O) groups is 2. The Bertz CT molecular complexity index is 491. The van der Waals surface area contributed by atoms with Crippen LogP contribution in [0.15, 0.2) is 18.2 Å². The molecule has 0 spiro atoms. The Labute approximate surface area is 117 Å². The summed E-state index contributed by atoms with van der Waals surface area (Å²) in [5.74, 6) is -1.35. The molecule has 5 nitrogen and oxygen atoms in total. The summed E-state index contributed by atoms with van der Waals surface area (Å²) in [6.07, 6.45) is 0.878. The van der Waals surface area contributed by atoms with Gasteiger partial charge in [-0.1, -0.05) is 13.0 Å². The van der Waals surface area contributed by atoms with Gasteiger partial charge in [0, 0.05) is 6.54 Å². The number of hydrogen-bond donors (Lipinski definition) is 3. The molecule has 2 amide bonds. The van der Waals surface area contributed by atoms with Crippen molar-refractivity contribution in [2.75, 3.05) is 6.54 Å². The molecule has 0 heterocycles. The molecular weight excluding hydrogens is 263 g/mol. The molecule has 0 aliphatic heterocycles. The number of urea groups is 1. The molecule has 20 heavy (non-hydrogen) atoms. The molecule has 0 radical (unpaired) electrons. The van der Waals surface area contributed by atoms with Gasteiger partial charge < -0.3 is 15.7 Å². The summed E-state index contributed by atoms with van der Waals surface area (Å²) >= 11 is 0. The maximum atomic E-state index is 12.9. The summed E-state index contributed by atoms with van der Waals surface area (Å²) in [5.41, 5.74) is 1.76. The lowest BCUT2D eigenvalue weighted by Gasteiger charge is -2.13. The van der Waals surface area contributed by atoms with E-state index in [1.165, 1.54) is 12.1 Å². The van der Waals surface area contributed by atoms with Crippen LogP contribution in [-0.4, -0.2) is 29.7 Å². The summed E-state index contributed by atoms with van der Waals surface area (Å²) in [6, 6.07) is 3.09. The molecule has 0 saturated carbocycles. The number of aliphatic carboxylic acids is 1. The molecule has 1 atom stereocenters. The number of nitrogens with one attached hydrogen (secondary N) is 2. The Morgan fingerprint density at radius 1 is 1.40 bits per heavy atom. The van der Waals surface area contributed by atoms with Crippen molar-refractivity contribution in [1.82, 2.24) is 10.6 Å². The maximum absolute atomic E-state index is 12.9. The summed E-state index contributed by atoms with van der Waals surface area (Å²) in [6.45, 7) is 3.84. The predicted octanol–water partition coefficient (Wildman–Crippen LogP) is 1.84. The van der Waals surface area contributed by atoms with Gasteiger partial charge in [0.25, 0.3) is 0 Å². The van der Waals surface area contributed by atoms with Crippen molar-refractivity contribution in [3.8, 4) is 0 Å². The Morgan fingerprint density at radius 3 is 2.65 bits per heavy atom. The van der Waals surface area contributed by atoms with Crippen LogP contribution in [0.25, 0.3) is 0 Å². The predicted molar refractivity (Wildman–Crippen MR) is 73.1 cm³/mol. The fourth-order valence-corrected chi connectivity index (χ4v) is 1.80. The van der Waals surface area contributed by atoms with Crippen molar-refractivity contribution in [2.24, 2.45) is 0 Å². The van der Waals surface area contributed by atoms with Crippen LogP contribution >= 0.6 is 0 Å². The Morgan fingerprint density at radius 2 is 2.10 bits per heavy atom. The number of amides is 2. The third-order valence-electron chi connectivity index (χ3n) is 3.00. The molecule has 0 aromatic heterocycles. The van der Waals surface area contributed by atoms with E-state index in [-0.39, 0.29) is 5.82 Å². The maximum Gasteiger partial charge on any atom is 0.326 e. The molecule has 1 rings (SSSR count). The van der Waals surface area contributed by atoms with Gasteiger partial charge in [-0.15, -0.1) is 0 Å². The Kier molecular flexibility index (Phi) is 5.96. The molecule has 1 aromatic rings. The van der Waals surface area contributed by atoms with Crippen LogP contribution in [0.2, 0.25) is 0 Å². The van der Waals surface area contributed by atoms with E-state index < -0.39 is 18.0 Å². The van der Waals surface area contributed by atoms with E-state index in [0.29, 0.717) is 19.4 Å². The highest BCUT2D eigenvalue weighted by Gasteiger charge is 2.16. The van der Waals surface area contributed by atoms with E-state index in [4.69, 9.17) is 5.11 Å². The largest absolute Gasteiger partial charge is 0.480 e. The second-order valence-electron chi connectivity index (χ2n) is 4.52. The average molecular weight is 282 g/mol. The monoisotopic (exact) mass is 282 g/mol. The van der Waals surface area contributed by atoms with Gasteiger partial charge in [0.1, 0.15) is 11.9 Å². The van der Waals surface area contributed by atoms with Gasteiger partial charge in [0.05, 0.1) is 0 Å². The molecule has 1 unspecified atom stereocenters. The van der Waals surface area contributed by atoms with E-state index in [1.54, 1.807) is 19.9 Å². The SMILES string of the molecule is CCC(NC(=O)NCCc1ccc(F)cc1C)C(=O)O. The number of carboxylic acid groups (broad SMARTS) is 1. The van der Waals surface area contributed by atoms with E-state index >= 15 is 0 Å². The normalized spacial score (nSPS) is 11.8. The van der Waals surface area contributed by atoms with Crippen molar-refractivity contribution < 1.29 is 19.1 Å². The van der Waals surface area contributed by atoms with Crippen LogP contribution in [0.4, 0.5) is 9.18 Å². The van der Waals surface area contributed by atoms with Gasteiger partial charge in [-0.3, -0.25) is 0 Å². The topological polar surface area (TPSA) is 78.4 Å². The fraction of sp³-hybridized carbons (Fsp3) is 0.429. The first-order valence-electron chi connectivity index (χ1n) is 6.46. The van der Waals surface area contributed by atoms with E-state index in [9.17, 15) is 14.0 Å². The highest BCUT2D eigenvalue weighted by molar-refractivity contribution is 5.82. The zero-order chi connectivity index (χ0) is 15.1. The second-order valence-corrected chi connectivity index (χ2v) is 4.52. The molecule has 110 valence electrons. The van der Waals surface area contributed by atoms with Gasteiger partial charge in [-0.05, 0) is 43.0 Å². The zero-order valence-electron chi connectivity index (χ0n) is 11.6. The molecular formula is C14H19FN2O3. The van der Waals surface area contributed by atoms with E-state index in [2.05, 4.69) is 10.6 Å². The summed E-state index contributed by atoms with van der Waals surface area (Å²) in [7, 11) is 0. The van der Waals surface area contributed by atoms with E-state index in [1.807, 2.05) is 0 Å². The summed E-state index contributed by atoms with van der Waals surface area (Å²) in [4.78, 5) is 22.3. The van der Waals surface area contributed by atoms with Crippen LogP contribution in [0.1, 0.15) is 24.5 Å². The van der Waals surface area contributed by atoms with Gasteiger partial charge >= 0.3 is 12.0 Å². The first kappa shape index (κ1) is 15.9. The number of hydrogen-bond acceptors (Lipinski definition) is 2. The fourth-order valence-electron chi connectivity index (χ4n) is 1.80. The van der Waals surface area contributed by atoms with E-state index in [0.717, 1.165) is 11.1 Å². The number of carboxylic acids is 1. The first-order valence-corrected chi connectivity index (χ1v) is 6.46. The van der Waals surface area contributed by atoms with Crippen molar-refractivity contribution in [3.05, 3.63) is 35.1 Å². The van der Waals surface area contributed by atoms with Crippen LogP contribution < -0.4 is 10.6 Å². The minimum absolute atomic E-state index is 0.288. The van der Waals surface area contributed by atoms with Crippen LogP contribution in [-0.2, 0) is 11.2 Å². The smallest absolute Gasteiger partial charge is 0.326 e. The molecule has 6 heteroatoms. The summed E-state index contributed by atoms with van der Waals surface area (Å²) < 4.78 is 12.9. The minimum Gasteiger partial charge on any atom is -0.480 e. The summed E-state index contributed by atoms with van der Waals surface area (Å²) in [5, 5.41) is 13.8. The number of rotatable bonds is 6. The van der Waals surface area contributed by atoms with Crippen molar-refractivity contribution >= 4 is 12.0 Å². The van der Waals surface area contributed by atoms with Gasteiger partial charge in [-0.25, -0.2) is 14.0 Å². The zero-order valence-corrected chi connectivity index (χ0v) is 11.6. The average Bonchev–Trinajstić information content (AvgIpc) is 2.38. The van der Waals surface area contributed by atoms with Crippen LogP contribution in [0, 0.1) is 12.7 Å². The number of benzene rings is 1. The quantitative estimate of drug-likeness (QED) is 0.745. The lowest BCUT2D eigenvalue weighted by atomic mass is 10.1. The number of carbonyl (C=O) groups excluding carboxylic acids is 1. The number of halogens is 1. The molecule has 3 N–H and O–H groups in total. The highest BCUT2D eigenvalue weighted by atomic mass is 19.1. The Hall–Kier alpha value is -2.11. The van der Waals surface area contributed by atoms with Crippen LogP contribution in [0.3, 0.4) is 0 Å². The minimum atomic E-state index is -1.06. The molecule has 0 aliphatic carbocycles.